The summed E-state index contributed by atoms with van der Waals surface area (Å²) in [6.07, 6.45) is 0.372. The molecule has 3 aromatic rings. The maximum atomic E-state index is 13.5. The molecule has 4 nitrogen and oxygen atoms in total. The first-order chi connectivity index (χ1) is 14.9. The number of rotatable bonds is 2. The topological polar surface area (TPSA) is 66.4 Å². The second-order valence-corrected chi connectivity index (χ2v) is 8.95. The SMILES string of the molecule is Cc1ccc([C@@]2(O)[C@H](c3ccc(Cl)cc3)C[C@H]3C(=O)c4ccccc4NC(=O)[C@@H]32)cc1. The third-order valence-electron chi connectivity index (χ3n) is 6.75. The first-order valence-electron chi connectivity index (χ1n) is 10.4. The van der Waals surface area contributed by atoms with Gasteiger partial charge in [0.1, 0.15) is 5.60 Å². The van der Waals surface area contributed by atoms with Crippen LogP contribution in [0.15, 0.2) is 72.8 Å². The molecule has 2 aliphatic rings. The number of halogens is 1. The van der Waals surface area contributed by atoms with Crippen LogP contribution in [-0.2, 0) is 10.4 Å². The van der Waals surface area contributed by atoms with Gasteiger partial charge in [0.05, 0.1) is 11.6 Å². The number of benzene rings is 3. The van der Waals surface area contributed by atoms with Crippen LogP contribution in [0, 0.1) is 18.8 Å². The minimum Gasteiger partial charge on any atom is -0.384 e. The Balaban J connectivity index is 1.70. The largest absolute Gasteiger partial charge is 0.384 e. The van der Waals surface area contributed by atoms with Crippen molar-refractivity contribution in [2.24, 2.45) is 11.8 Å². The summed E-state index contributed by atoms with van der Waals surface area (Å²) in [5, 5.41) is 15.8. The van der Waals surface area contributed by atoms with Crippen molar-refractivity contribution in [2.45, 2.75) is 24.9 Å². The zero-order valence-corrected chi connectivity index (χ0v) is 17.8. The van der Waals surface area contributed by atoms with Gasteiger partial charge in [-0.05, 0) is 48.7 Å². The lowest BCUT2D eigenvalue weighted by Gasteiger charge is -2.36. The summed E-state index contributed by atoms with van der Waals surface area (Å²) < 4.78 is 0. The molecule has 5 heteroatoms. The number of carbonyl (C=O) groups is 2. The van der Waals surface area contributed by atoms with Crippen molar-refractivity contribution in [3.05, 3.63) is 100 Å². The molecule has 0 bridgehead atoms. The summed E-state index contributed by atoms with van der Waals surface area (Å²) in [4.78, 5) is 27.0. The molecule has 1 amide bonds. The molecule has 0 spiro atoms. The fraction of sp³-hybridized carbons (Fsp3) is 0.231. The number of para-hydroxylation sites is 1. The molecule has 1 aliphatic carbocycles. The number of aryl methyl sites for hydroxylation is 1. The van der Waals surface area contributed by atoms with E-state index in [1.54, 1.807) is 36.4 Å². The molecule has 1 saturated carbocycles. The number of hydrogen-bond donors (Lipinski definition) is 2. The van der Waals surface area contributed by atoms with Crippen LogP contribution < -0.4 is 5.32 Å². The van der Waals surface area contributed by atoms with E-state index < -0.39 is 23.4 Å². The predicted octanol–water partition coefficient (Wildman–Crippen LogP) is 5.09. The molecule has 31 heavy (non-hydrogen) atoms. The van der Waals surface area contributed by atoms with E-state index in [1.165, 1.54) is 0 Å². The fourth-order valence-electron chi connectivity index (χ4n) is 5.24. The molecular formula is C26H22ClNO3. The van der Waals surface area contributed by atoms with Gasteiger partial charge in [-0.2, -0.15) is 0 Å². The maximum absolute atomic E-state index is 13.5. The Morgan fingerprint density at radius 3 is 2.35 bits per heavy atom. The Bertz CT molecular complexity index is 1170. The number of anilines is 1. The average molecular weight is 432 g/mol. The van der Waals surface area contributed by atoms with Gasteiger partial charge in [0.25, 0.3) is 0 Å². The molecule has 5 rings (SSSR count). The van der Waals surface area contributed by atoms with E-state index in [0.717, 1.165) is 11.1 Å². The predicted molar refractivity (Wildman–Crippen MR) is 120 cm³/mol. The number of aliphatic hydroxyl groups is 1. The smallest absolute Gasteiger partial charge is 0.231 e. The minimum atomic E-state index is -1.53. The molecule has 0 radical (unpaired) electrons. The minimum absolute atomic E-state index is 0.110. The van der Waals surface area contributed by atoms with Crippen molar-refractivity contribution in [2.75, 3.05) is 5.32 Å². The highest BCUT2D eigenvalue weighted by molar-refractivity contribution is 6.30. The third-order valence-corrected chi connectivity index (χ3v) is 7.01. The lowest BCUT2D eigenvalue weighted by atomic mass is 9.73. The van der Waals surface area contributed by atoms with E-state index in [1.807, 2.05) is 43.3 Å². The van der Waals surface area contributed by atoms with Gasteiger partial charge in [-0.25, -0.2) is 0 Å². The molecule has 3 aromatic carbocycles. The van der Waals surface area contributed by atoms with Crippen molar-refractivity contribution in [1.29, 1.82) is 0 Å². The summed E-state index contributed by atoms with van der Waals surface area (Å²) >= 11 is 6.09. The molecule has 2 N–H and O–H groups in total. The van der Waals surface area contributed by atoms with Gasteiger partial charge >= 0.3 is 0 Å². The fourth-order valence-corrected chi connectivity index (χ4v) is 5.36. The van der Waals surface area contributed by atoms with Crippen LogP contribution in [0.25, 0.3) is 0 Å². The molecule has 0 saturated heterocycles. The van der Waals surface area contributed by atoms with Gasteiger partial charge in [0.15, 0.2) is 5.78 Å². The molecule has 1 aliphatic heterocycles. The van der Waals surface area contributed by atoms with Gasteiger partial charge in [0, 0.05) is 22.4 Å². The van der Waals surface area contributed by atoms with Crippen LogP contribution >= 0.6 is 11.6 Å². The Labute approximate surface area is 185 Å². The van der Waals surface area contributed by atoms with Crippen LogP contribution in [0.2, 0.25) is 5.02 Å². The van der Waals surface area contributed by atoms with E-state index in [9.17, 15) is 14.7 Å². The van der Waals surface area contributed by atoms with E-state index >= 15 is 0 Å². The molecule has 156 valence electrons. The number of nitrogens with one attached hydrogen (secondary N) is 1. The second kappa shape index (κ2) is 7.33. The van der Waals surface area contributed by atoms with Gasteiger partial charge in [0.2, 0.25) is 5.91 Å². The van der Waals surface area contributed by atoms with Gasteiger partial charge in [-0.1, -0.05) is 65.7 Å². The van der Waals surface area contributed by atoms with Gasteiger partial charge in [-0.3, -0.25) is 9.59 Å². The zero-order valence-electron chi connectivity index (χ0n) is 17.0. The van der Waals surface area contributed by atoms with E-state index in [0.29, 0.717) is 28.3 Å². The summed E-state index contributed by atoms with van der Waals surface area (Å²) in [6, 6.07) is 21.9. The molecular weight excluding hydrogens is 410 g/mol. The number of fused-ring (bicyclic) bond motifs is 2. The Kier molecular flexibility index (Phi) is 4.72. The summed E-state index contributed by atoms with van der Waals surface area (Å²) in [7, 11) is 0. The van der Waals surface area contributed by atoms with Crippen LogP contribution in [0.4, 0.5) is 5.69 Å². The number of ketones is 1. The molecule has 1 heterocycles. The number of amides is 1. The standard InChI is InChI=1S/C26H22ClNO3/c1-15-6-10-17(11-7-15)26(31)21(16-8-12-18(27)13-9-16)14-20-23(26)25(30)28-22-5-3-2-4-19(22)24(20)29/h2-13,20-21,23,31H,14H2,1H3,(H,28,30)/t20-,21+,23-,26-/m1/s1. The van der Waals surface area contributed by atoms with Gasteiger partial charge in [-0.15, -0.1) is 0 Å². The van der Waals surface area contributed by atoms with E-state index in [4.69, 9.17) is 11.6 Å². The van der Waals surface area contributed by atoms with Crippen molar-refractivity contribution in [3.63, 3.8) is 0 Å². The summed E-state index contributed by atoms with van der Waals surface area (Å²) in [5.41, 5.74) is 2.01. The first kappa shape index (κ1) is 20.0. The number of Topliss-reactive ketones (excluding diaryl/α,β-unsaturated/α-hetero) is 1. The third kappa shape index (κ3) is 3.10. The second-order valence-electron chi connectivity index (χ2n) is 8.51. The molecule has 0 unspecified atom stereocenters. The van der Waals surface area contributed by atoms with Crippen LogP contribution in [0.1, 0.15) is 39.4 Å². The molecule has 0 aromatic heterocycles. The lowest BCUT2D eigenvalue weighted by molar-refractivity contribution is -0.130. The highest BCUT2D eigenvalue weighted by Gasteiger charge is 2.61. The summed E-state index contributed by atoms with van der Waals surface area (Å²) in [6.45, 7) is 1.97. The normalized spacial score (nSPS) is 27.3. The Hall–Kier alpha value is -2.95. The Morgan fingerprint density at radius 1 is 0.968 bits per heavy atom. The number of hydrogen-bond acceptors (Lipinski definition) is 3. The van der Waals surface area contributed by atoms with Crippen molar-refractivity contribution >= 4 is 29.0 Å². The van der Waals surface area contributed by atoms with Crippen LogP contribution in [-0.4, -0.2) is 16.8 Å². The van der Waals surface area contributed by atoms with E-state index in [-0.39, 0.29) is 11.7 Å². The van der Waals surface area contributed by atoms with Crippen LogP contribution in [0.3, 0.4) is 0 Å². The highest BCUT2D eigenvalue weighted by atomic mass is 35.5. The van der Waals surface area contributed by atoms with Crippen molar-refractivity contribution in [1.82, 2.24) is 0 Å². The summed E-state index contributed by atoms with van der Waals surface area (Å²) in [5.74, 6) is -2.40. The maximum Gasteiger partial charge on any atom is 0.231 e. The Morgan fingerprint density at radius 2 is 1.65 bits per heavy atom. The highest BCUT2D eigenvalue weighted by Crippen LogP contribution is 2.57. The first-order valence-corrected chi connectivity index (χ1v) is 10.8. The quantitative estimate of drug-likeness (QED) is 0.593. The molecule has 4 atom stereocenters. The lowest BCUT2D eigenvalue weighted by Crippen LogP contribution is -2.44. The van der Waals surface area contributed by atoms with Crippen LogP contribution in [0.5, 0.6) is 0 Å². The van der Waals surface area contributed by atoms with Gasteiger partial charge < -0.3 is 10.4 Å². The molecule has 1 fully saturated rings. The number of carbonyl (C=O) groups excluding carboxylic acids is 2. The van der Waals surface area contributed by atoms with E-state index in [2.05, 4.69) is 5.32 Å². The van der Waals surface area contributed by atoms with Crippen molar-refractivity contribution in [3.8, 4) is 0 Å². The monoisotopic (exact) mass is 431 g/mol. The zero-order chi connectivity index (χ0) is 21.8. The van der Waals surface area contributed by atoms with Crippen molar-refractivity contribution < 1.29 is 14.7 Å². The average Bonchev–Trinajstić information content (AvgIpc) is 3.03.